The highest BCUT2D eigenvalue weighted by Gasteiger charge is 2.29. The number of hydrogen-bond acceptors (Lipinski definition) is 7. The van der Waals surface area contributed by atoms with E-state index in [1.807, 2.05) is 30.3 Å². The van der Waals surface area contributed by atoms with Crippen LogP contribution in [0.2, 0.25) is 0 Å². The summed E-state index contributed by atoms with van der Waals surface area (Å²) in [6.07, 6.45) is 3.98. The van der Waals surface area contributed by atoms with Gasteiger partial charge in [0.05, 0.1) is 29.6 Å². The zero-order valence-electron chi connectivity index (χ0n) is 18.9. The SMILES string of the molecule is COc1cc(COC(=O)C2CCN(C(=O)C=Cc3ccccc3)CC2)c([N+](=O)[O-])cc1OC(F)F. The standard InChI is InChI=1S/C24H24F2N2O7/c1-33-20-13-18(19(28(31)32)14-21(20)35-24(25)26)15-34-23(30)17-9-11-27(12-10-17)22(29)8-7-16-5-3-2-4-6-16/h2-8,13-14,17,24H,9-12,15H2,1H3. The van der Waals surface area contributed by atoms with Crippen LogP contribution < -0.4 is 9.47 Å². The van der Waals surface area contributed by atoms with Crippen LogP contribution in [0, 0.1) is 16.0 Å². The summed E-state index contributed by atoms with van der Waals surface area (Å²) < 4.78 is 39.7. The molecule has 0 saturated carbocycles. The molecule has 0 bridgehead atoms. The molecule has 35 heavy (non-hydrogen) atoms. The van der Waals surface area contributed by atoms with Crippen LogP contribution in [0.3, 0.4) is 0 Å². The third-order valence-electron chi connectivity index (χ3n) is 5.51. The van der Waals surface area contributed by atoms with Crippen molar-refractivity contribution in [1.82, 2.24) is 4.90 Å². The van der Waals surface area contributed by atoms with E-state index in [9.17, 15) is 28.5 Å². The van der Waals surface area contributed by atoms with Crippen molar-refractivity contribution >= 4 is 23.6 Å². The summed E-state index contributed by atoms with van der Waals surface area (Å²) in [7, 11) is 1.19. The number of halogens is 2. The lowest BCUT2D eigenvalue weighted by molar-refractivity contribution is -0.386. The van der Waals surface area contributed by atoms with Gasteiger partial charge < -0.3 is 19.1 Å². The van der Waals surface area contributed by atoms with E-state index in [1.165, 1.54) is 13.2 Å². The van der Waals surface area contributed by atoms with E-state index in [1.54, 1.807) is 11.0 Å². The van der Waals surface area contributed by atoms with E-state index >= 15 is 0 Å². The van der Waals surface area contributed by atoms with Crippen molar-refractivity contribution < 1.29 is 37.5 Å². The normalized spacial score (nSPS) is 14.2. The molecule has 1 aliphatic heterocycles. The van der Waals surface area contributed by atoms with E-state index in [0.717, 1.165) is 17.7 Å². The van der Waals surface area contributed by atoms with Crippen LogP contribution in [0.25, 0.3) is 6.08 Å². The number of hydrogen-bond donors (Lipinski definition) is 0. The minimum Gasteiger partial charge on any atom is -0.493 e. The van der Waals surface area contributed by atoms with Crippen molar-refractivity contribution in [3.05, 3.63) is 69.8 Å². The maximum Gasteiger partial charge on any atom is 0.387 e. The molecule has 1 saturated heterocycles. The van der Waals surface area contributed by atoms with E-state index < -0.39 is 41.5 Å². The first-order valence-corrected chi connectivity index (χ1v) is 10.8. The first kappa shape index (κ1) is 25.6. The number of nitro benzene ring substituents is 1. The highest BCUT2D eigenvalue weighted by atomic mass is 19.3. The fourth-order valence-corrected chi connectivity index (χ4v) is 3.66. The molecule has 2 aromatic carbocycles. The van der Waals surface area contributed by atoms with Gasteiger partial charge in [-0.25, -0.2) is 0 Å². The van der Waals surface area contributed by atoms with Gasteiger partial charge in [0.1, 0.15) is 6.61 Å². The Balaban J connectivity index is 1.57. The van der Waals surface area contributed by atoms with E-state index in [4.69, 9.17) is 9.47 Å². The molecule has 9 nitrogen and oxygen atoms in total. The molecule has 0 atom stereocenters. The summed E-state index contributed by atoms with van der Waals surface area (Å²) >= 11 is 0. The van der Waals surface area contributed by atoms with E-state index in [0.29, 0.717) is 25.9 Å². The number of amides is 1. The monoisotopic (exact) mass is 490 g/mol. The van der Waals surface area contributed by atoms with Gasteiger partial charge in [0.25, 0.3) is 5.69 Å². The topological polar surface area (TPSA) is 108 Å². The Kier molecular flexibility index (Phi) is 8.71. The smallest absolute Gasteiger partial charge is 0.387 e. The highest BCUT2D eigenvalue weighted by molar-refractivity contribution is 5.92. The maximum absolute atomic E-state index is 12.6. The number of piperidine rings is 1. The van der Waals surface area contributed by atoms with Crippen LogP contribution in [0.5, 0.6) is 11.5 Å². The molecule has 1 heterocycles. The average Bonchev–Trinajstić information content (AvgIpc) is 2.86. The second-order valence-electron chi connectivity index (χ2n) is 7.72. The molecular formula is C24H24F2N2O7. The molecule has 0 spiro atoms. The van der Waals surface area contributed by atoms with E-state index in [2.05, 4.69) is 4.74 Å². The number of likely N-dealkylation sites (tertiary alicyclic amines) is 1. The summed E-state index contributed by atoms with van der Waals surface area (Å²) in [6, 6.07) is 11.3. The second kappa shape index (κ2) is 11.9. The Bertz CT molecular complexity index is 1080. The second-order valence-corrected chi connectivity index (χ2v) is 7.72. The van der Waals surface area contributed by atoms with Crippen molar-refractivity contribution in [3.63, 3.8) is 0 Å². The van der Waals surface area contributed by atoms with Gasteiger partial charge in [-0.1, -0.05) is 30.3 Å². The summed E-state index contributed by atoms with van der Waals surface area (Å²) in [4.78, 5) is 37.2. The minimum atomic E-state index is -3.20. The number of carbonyl (C=O) groups excluding carboxylic acids is 2. The van der Waals surface area contributed by atoms with Crippen LogP contribution in [-0.2, 0) is 20.9 Å². The lowest BCUT2D eigenvalue weighted by atomic mass is 9.97. The Labute approximate surface area is 200 Å². The molecule has 0 N–H and O–H groups in total. The number of ether oxygens (including phenoxy) is 3. The molecule has 0 radical (unpaired) electrons. The summed E-state index contributed by atoms with van der Waals surface area (Å²) in [5, 5.41) is 11.4. The van der Waals surface area contributed by atoms with Crippen molar-refractivity contribution in [2.24, 2.45) is 5.92 Å². The Morgan fingerprint density at radius 3 is 2.46 bits per heavy atom. The molecule has 0 unspecified atom stereocenters. The van der Waals surface area contributed by atoms with E-state index in [-0.39, 0.29) is 17.2 Å². The van der Waals surface area contributed by atoms with Crippen LogP contribution in [-0.4, -0.2) is 48.5 Å². The average molecular weight is 490 g/mol. The molecule has 1 fully saturated rings. The molecule has 2 aromatic rings. The number of rotatable bonds is 9. The first-order valence-electron chi connectivity index (χ1n) is 10.8. The largest absolute Gasteiger partial charge is 0.493 e. The molecule has 1 aliphatic rings. The Hall–Kier alpha value is -4.02. The van der Waals surface area contributed by atoms with Gasteiger partial charge >= 0.3 is 12.6 Å². The molecule has 0 aliphatic carbocycles. The van der Waals surface area contributed by atoms with Gasteiger partial charge in [0, 0.05) is 19.2 Å². The fraction of sp³-hybridized carbons (Fsp3) is 0.333. The zero-order chi connectivity index (χ0) is 25.4. The number of methoxy groups -OCH3 is 1. The predicted molar refractivity (Wildman–Crippen MR) is 121 cm³/mol. The van der Waals surface area contributed by atoms with Gasteiger partial charge in [-0.2, -0.15) is 8.78 Å². The predicted octanol–water partition coefficient (Wildman–Crippen LogP) is 4.20. The van der Waals surface area contributed by atoms with Crippen molar-refractivity contribution in [2.75, 3.05) is 20.2 Å². The van der Waals surface area contributed by atoms with Crippen molar-refractivity contribution in [1.29, 1.82) is 0 Å². The molecule has 3 rings (SSSR count). The van der Waals surface area contributed by atoms with Gasteiger partial charge in [0.15, 0.2) is 11.5 Å². The lowest BCUT2D eigenvalue weighted by Crippen LogP contribution is -2.39. The fourth-order valence-electron chi connectivity index (χ4n) is 3.66. The summed E-state index contributed by atoms with van der Waals surface area (Å²) in [5.74, 6) is -1.84. The van der Waals surface area contributed by atoms with Crippen LogP contribution in [0.1, 0.15) is 24.0 Å². The quantitative estimate of drug-likeness (QED) is 0.224. The number of nitro groups is 1. The molecule has 186 valence electrons. The summed E-state index contributed by atoms with van der Waals surface area (Å²) in [6.45, 7) is -2.91. The van der Waals surface area contributed by atoms with Crippen LogP contribution in [0.4, 0.5) is 14.5 Å². The van der Waals surface area contributed by atoms with Gasteiger partial charge in [-0.3, -0.25) is 19.7 Å². The molecule has 0 aromatic heterocycles. The van der Waals surface area contributed by atoms with Gasteiger partial charge in [-0.05, 0) is 30.5 Å². The van der Waals surface area contributed by atoms with Gasteiger partial charge in [0.2, 0.25) is 5.91 Å². The number of alkyl halides is 2. The third-order valence-corrected chi connectivity index (χ3v) is 5.51. The zero-order valence-corrected chi connectivity index (χ0v) is 18.9. The van der Waals surface area contributed by atoms with Crippen LogP contribution >= 0.6 is 0 Å². The third kappa shape index (κ3) is 6.98. The molecular weight excluding hydrogens is 466 g/mol. The number of esters is 1. The Morgan fingerprint density at radius 2 is 1.86 bits per heavy atom. The van der Waals surface area contributed by atoms with Crippen LogP contribution in [0.15, 0.2) is 48.5 Å². The number of nitrogens with zero attached hydrogens (tertiary/aromatic N) is 2. The lowest BCUT2D eigenvalue weighted by Gasteiger charge is -2.30. The number of carbonyl (C=O) groups is 2. The van der Waals surface area contributed by atoms with Crippen molar-refractivity contribution in [3.8, 4) is 11.5 Å². The summed E-state index contributed by atoms with van der Waals surface area (Å²) in [5.41, 5.74) is 0.333. The molecule has 1 amide bonds. The van der Waals surface area contributed by atoms with Crippen molar-refractivity contribution in [2.45, 2.75) is 26.1 Å². The molecule has 11 heteroatoms. The Morgan fingerprint density at radius 1 is 1.17 bits per heavy atom. The van der Waals surface area contributed by atoms with Gasteiger partial charge in [-0.15, -0.1) is 0 Å². The number of benzene rings is 2. The maximum atomic E-state index is 12.6. The minimum absolute atomic E-state index is 0.0273. The first-order chi connectivity index (χ1) is 16.8. The highest BCUT2D eigenvalue weighted by Crippen LogP contribution is 2.36.